The van der Waals surface area contributed by atoms with Crippen LogP contribution >= 0.6 is 27.5 Å². The van der Waals surface area contributed by atoms with E-state index in [-0.39, 0.29) is 5.75 Å². The second-order valence-corrected chi connectivity index (χ2v) is 3.67. The minimum absolute atomic E-state index is 0.0119. The van der Waals surface area contributed by atoms with Crippen molar-refractivity contribution in [2.45, 2.75) is 12.8 Å². The number of hydrogen-bond acceptors (Lipinski definition) is 1. The zero-order valence-electron chi connectivity index (χ0n) is 6.68. The lowest BCUT2D eigenvalue weighted by atomic mass is 10.3. The molecular formula is C8H5BrClF3O. The normalized spacial score (nSPS) is 13.0. The van der Waals surface area contributed by atoms with Gasteiger partial charge in [0.2, 0.25) is 0 Å². The van der Waals surface area contributed by atoms with Gasteiger partial charge in [0.15, 0.2) is 0 Å². The van der Waals surface area contributed by atoms with Gasteiger partial charge in [-0.1, -0.05) is 11.6 Å². The first-order valence-corrected chi connectivity index (χ1v) is 4.71. The molecular weight excluding hydrogens is 284 g/mol. The van der Waals surface area contributed by atoms with E-state index >= 15 is 0 Å². The number of halogens is 5. The number of hydrogen-bond donors (Lipinski definition) is 0. The minimum atomic E-state index is -3.17. The highest BCUT2D eigenvalue weighted by molar-refractivity contribution is 9.10. The van der Waals surface area contributed by atoms with Crippen molar-refractivity contribution in [1.82, 2.24) is 0 Å². The van der Waals surface area contributed by atoms with Crippen LogP contribution in [0.2, 0.25) is 5.02 Å². The van der Waals surface area contributed by atoms with Crippen molar-refractivity contribution in [3.8, 4) is 5.75 Å². The number of rotatable bonds is 3. The molecule has 0 N–H and O–H groups in total. The third kappa shape index (κ3) is 3.06. The van der Waals surface area contributed by atoms with Gasteiger partial charge in [-0.25, -0.2) is 8.78 Å². The molecule has 78 valence electrons. The Balaban J connectivity index is 2.77. The fourth-order valence-corrected chi connectivity index (χ4v) is 1.52. The van der Waals surface area contributed by atoms with Crippen LogP contribution < -0.4 is 4.74 Å². The first-order chi connectivity index (χ1) is 6.50. The average molecular weight is 289 g/mol. The van der Waals surface area contributed by atoms with Crippen molar-refractivity contribution in [1.29, 1.82) is 0 Å². The summed E-state index contributed by atoms with van der Waals surface area (Å²) in [4.78, 5) is 0. The Hall–Kier alpha value is -0.420. The Bertz CT molecular complexity index is 321. The van der Waals surface area contributed by atoms with Gasteiger partial charge >= 0.3 is 6.43 Å². The lowest BCUT2D eigenvalue weighted by Crippen LogP contribution is -2.19. The second-order valence-electron chi connectivity index (χ2n) is 2.38. The van der Waals surface area contributed by atoms with Crippen molar-refractivity contribution >= 4 is 27.5 Å². The molecule has 0 amide bonds. The molecule has 0 saturated carbocycles. The van der Waals surface area contributed by atoms with E-state index in [1.54, 1.807) is 0 Å². The van der Waals surface area contributed by atoms with Crippen LogP contribution in [0.5, 0.6) is 5.75 Å². The Morgan fingerprint density at radius 1 is 1.29 bits per heavy atom. The predicted octanol–water partition coefficient (Wildman–Crippen LogP) is 4.04. The number of benzene rings is 1. The summed E-state index contributed by atoms with van der Waals surface area (Å²) in [5.41, 5.74) is 0. The molecule has 1 nitrogen and oxygen atoms in total. The summed E-state index contributed by atoms with van der Waals surface area (Å²) >= 11 is 8.59. The summed E-state index contributed by atoms with van der Waals surface area (Å²) < 4.78 is 40.7. The molecule has 1 aromatic carbocycles. The smallest absolute Gasteiger partial charge is 0.304 e. The van der Waals surface area contributed by atoms with Crippen LogP contribution in [0.3, 0.4) is 0 Å². The SMILES string of the molecule is FC(F)C(F)Oc1ccc(Cl)cc1Br. The van der Waals surface area contributed by atoms with Crippen molar-refractivity contribution in [3.63, 3.8) is 0 Å². The first-order valence-electron chi connectivity index (χ1n) is 3.54. The monoisotopic (exact) mass is 288 g/mol. The van der Waals surface area contributed by atoms with E-state index < -0.39 is 12.8 Å². The van der Waals surface area contributed by atoms with Gasteiger partial charge in [-0.2, -0.15) is 4.39 Å². The molecule has 1 aromatic rings. The van der Waals surface area contributed by atoms with Gasteiger partial charge in [0.25, 0.3) is 6.36 Å². The first kappa shape index (κ1) is 11.7. The fourth-order valence-electron chi connectivity index (χ4n) is 0.744. The third-order valence-electron chi connectivity index (χ3n) is 1.33. The molecule has 0 fully saturated rings. The highest BCUT2D eigenvalue weighted by Crippen LogP contribution is 2.29. The average Bonchev–Trinajstić information content (AvgIpc) is 2.09. The minimum Gasteiger partial charge on any atom is -0.453 e. The molecule has 0 aromatic heterocycles. The molecule has 0 radical (unpaired) electrons. The maximum absolute atomic E-state index is 12.5. The Kier molecular flexibility index (Phi) is 4.07. The van der Waals surface area contributed by atoms with Crippen molar-refractivity contribution < 1.29 is 17.9 Å². The van der Waals surface area contributed by atoms with Gasteiger partial charge in [-0.05, 0) is 34.1 Å². The van der Waals surface area contributed by atoms with E-state index in [0.29, 0.717) is 9.50 Å². The standard InChI is InChI=1S/C8H5BrClF3O/c9-5-3-4(10)1-2-6(5)14-8(13)7(11)12/h1-3,7-8H. The topological polar surface area (TPSA) is 9.23 Å². The van der Waals surface area contributed by atoms with Crippen LogP contribution in [0, 0.1) is 0 Å². The van der Waals surface area contributed by atoms with Crippen molar-refractivity contribution in [2.75, 3.05) is 0 Å². The van der Waals surface area contributed by atoms with E-state index in [1.165, 1.54) is 18.2 Å². The van der Waals surface area contributed by atoms with Crippen LogP contribution in [-0.4, -0.2) is 12.8 Å². The largest absolute Gasteiger partial charge is 0.453 e. The predicted molar refractivity (Wildman–Crippen MR) is 50.7 cm³/mol. The second kappa shape index (κ2) is 4.89. The Morgan fingerprint density at radius 2 is 1.93 bits per heavy atom. The van der Waals surface area contributed by atoms with Crippen molar-refractivity contribution in [3.05, 3.63) is 27.7 Å². The van der Waals surface area contributed by atoms with Crippen LogP contribution in [0.15, 0.2) is 22.7 Å². The molecule has 0 bridgehead atoms. The molecule has 1 atom stereocenters. The molecule has 14 heavy (non-hydrogen) atoms. The van der Waals surface area contributed by atoms with Crippen molar-refractivity contribution in [2.24, 2.45) is 0 Å². The molecule has 1 rings (SSSR count). The van der Waals surface area contributed by atoms with E-state index in [0.717, 1.165) is 0 Å². The molecule has 1 unspecified atom stereocenters. The number of alkyl halides is 3. The number of ether oxygens (including phenoxy) is 1. The van der Waals surface area contributed by atoms with Gasteiger partial charge in [-0.15, -0.1) is 0 Å². The Labute approximate surface area is 91.9 Å². The molecule has 0 spiro atoms. The van der Waals surface area contributed by atoms with Gasteiger partial charge in [0.1, 0.15) is 5.75 Å². The van der Waals surface area contributed by atoms with E-state index in [9.17, 15) is 13.2 Å². The molecule has 0 saturated heterocycles. The molecule has 0 aliphatic rings. The zero-order valence-corrected chi connectivity index (χ0v) is 9.03. The highest BCUT2D eigenvalue weighted by Gasteiger charge is 2.21. The van der Waals surface area contributed by atoms with Gasteiger partial charge < -0.3 is 4.74 Å². The lowest BCUT2D eigenvalue weighted by Gasteiger charge is -2.11. The maximum atomic E-state index is 12.5. The molecule has 0 aliphatic carbocycles. The van der Waals surface area contributed by atoms with E-state index in [2.05, 4.69) is 20.7 Å². The van der Waals surface area contributed by atoms with Gasteiger partial charge in [-0.3, -0.25) is 0 Å². The molecule has 0 aliphatic heterocycles. The van der Waals surface area contributed by atoms with Crippen LogP contribution in [0.1, 0.15) is 0 Å². The van der Waals surface area contributed by atoms with Gasteiger partial charge in [0.05, 0.1) is 4.47 Å². The van der Waals surface area contributed by atoms with Gasteiger partial charge in [0, 0.05) is 5.02 Å². The maximum Gasteiger partial charge on any atom is 0.304 e. The third-order valence-corrected chi connectivity index (χ3v) is 2.19. The van der Waals surface area contributed by atoms with Crippen LogP contribution in [-0.2, 0) is 0 Å². The molecule has 0 heterocycles. The van der Waals surface area contributed by atoms with Crippen LogP contribution in [0.25, 0.3) is 0 Å². The fraction of sp³-hybridized carbons (Fsp3) is 0.250. The summed E-state index contributed by atoms with van der Waals surface area (Å²) in [7, 11) is 0. The zero-order chi connectivity index (χ0) is 10.7. The summed E-state index contributed by atoms with van der Waals surface area (Å²) in [6.45, 7) is 0. The lowest BCUT2D eigenvalue weighted by molar-refractivity contribution is -0.0672. The summed E-state index contributed by atoms with van der Waals surface area (Å²) in [6, 6.07) is 4.15. The highest BCUT2D eigenvalue weighted by atomic mass is 79.9. The van der Waals surface area contributed by atoms with E-state index in [4.69, 9.17) is 11.6 Å². The van der Waals surface area contributed by atoms with Crippen LogP contribution in [0.4, 0.5) is 13.2 Å². The quantitative estimate of drug-likeness (QED) is 0.816. The van der Waals surface area contributed by atoms with E-state index in [1.807, 2.05) is 0 Å². The molecule has 6 heteroatoms. The summed E-state index contributed by atoms with van der Waals surface area (Å²) in [5.74, 6) is -0.0119. The Morgan fingerprint density at radius 3 is 2.43 bits per heavy atom. The summed E-state index contributed by atoms with van der Waals surface area (Å²) in [5, 5.41) is 0.400. The summed E-state index contributed by atoms with van der Waals surface area (Å²) in [6.07, 6.45) is -5.80.